The molecule has 2 aromatic rings. The van der Waals surface area contributed by atoms with Crippen LogP contribution in [0.3, 0.4) is 0 Å². The molecule has 0 amide bonds. The van der Waals surface area contributed by atoms with Gasteiger partial charge in [0.15, 0.2) is 5.82 Å². The maximum atomic E-state index is 11.1. The van der Waals surface area contributed by atoms with Gasteiger partial charge < -0.3 is 0 Å². The van der Waals surface area contributed by atoms with Crippen molar-refractivity contribution in [3.63, 3.8) is 0 Å². The fraction of sp³-hybridized carbons (Fsp3) is 0.167. The Labute approximate surface area is 110 Å². The van der Waals surface area contributed by atoms with Crippen LogP contribution in [0.15, 0.2) is 35.2 Å². The van der Waals surface area contributed by atoms with Gasteiger partial charge in [0.1, 0.15) is 0 Å². The van der Waals surface area contributed by atoms with Crippen LogP contribution in [-0.2, 0) is 9.05 Å². The van der Waals surface area contributed by atoms with Crippen LogP contribution >= 0.6 is 10.7 Å². The number of halogens is 1. The molecule has 6 heteroatoms. The third-order valence-electron chi connectivity index (χ3n) is 2.38. The molecule has 1 heterocycles. The summed E-state index contributed by atoms with van der Waals surface area (Å²) in [5.41, 5.74) is 2.49. The second kappa shape index (κ2) is 4.66. The number of rotatable bonds is 2. The first kappa shape index (κ1) is 13.0. The van der Waals surface area contributed by atoms with Crippen molar-refractivity contribution in [3.05, 3.63) is 41.7 Å². The zero-order valence-corrected chi connectivity index (χ0v) is 11.5. The molecule has 18 heavy (non-hydrogen) atoms. The maximum Gasteiger partial charge on any atom is 0.261 e. The molecular weight excluding hydrogens is 272 g/mol. The Morgan fingerprint density at radius 2 is 1.50 bits per heavy atom. The number of benzene rings is 1. The first-order valence-corrected chi connectivity index (χ1v) is 7.54. The Hall–Kier alpha value is -1.46. The molecule has 94 valence electrons. The van der Waals surface area contributed by atoms with Gasteiger partial charge in [0, 0.05) is 27.6 Å². The lowest BCUT2D eigenvalue weighted by Crippen LogP contribution is -1.95. The van der Waals surface area contributed by atoms with Crippen molar-refractivity contribution in [3.8, 4) is 11.4 Å². The fourth-order valence-corrected chi connectivity index (χ4v) is 2.39. The van der Waals surface area contributed by atoms with Crippen LogP contribution in [0.2, 0.25) is 0 Å². The molecule has 0 saturated heterocycles. The van der Waals surface area contributed by atoms with Crippen LogP contribution in [0, 0.1) is 13.8 Å². The lowest BCUT2D eigenvalue weighted by Gasteiger charge is -2.04. The van der Waals surface area contributed by atoms with Crippen molar-refractivity contribution >= 4 is 19.7 Å². The van der Waals surface area contributed by atoms with Gasteiger partial charge >= 0.3 is 0 Å². The number of hydrogen-bond donors (Lipinski definition) is 0. The van der Waals surface area contributed by atoms with E-state index in [2.05, 4.69) is 9.97 Å². The predicted octanol–water partition coefficient (Wildman–Crippen LogP) is 2.69. The third kappa shape index (κ3) is 2.86. The fourth-order valence-electron chi connectivity index (χ4n) is 1.62. The van der Waals surface area contributed by atoms with E-state index in [1.54, 1.807) is 12.1 Å². The minimum Gasteiger partial charge on any atom is -0.233 e. The van der Waals surface area contributed by atoms with E-state index >= 15 is 0 Å². The summed E-state index contributed by atoms with van der Waals surface area (Å²) in [6.45, 7) is 3.77. The first-order valence-electron chi connectivity index (χ1n) is 5.23. The summed E-state index contributed by atoms with van der Waals surface area (Å²) in [5, 5.41) is 0. The average molecular weight is 283 g/mol. The highest BCUT2D eigenvalue weighted by Crippen LogP contribution is 2.20. The van der Waals surface area contributed by atoms with Gasteiger partial charge in [-0.2, -0.15) is 0 Å². The Morgan fingerprint density at radius 1 is 1.00 bits per heavy atom. The molecule has 0 N–H and O–H groups in total. The molecule has 0 spiro atoms. The molecule has 2 rings (SSSR count). The van der Waals surface area contributed by atoms with Gasteiger partial charge in [-0.25, -0.2) is 18.4 Å². The monoisotopic (exact) mass is 282 g/mol. The van der Waals surface area contributed by atoms with E-state index < -0.39 is 9.05 Å². The Kier molecular flexibility index (Phi) is 3.36. The van der Waals surface area contributed by atoms with Crippen LogP contribution < -0.4 is 0 Å². The standard InChI is InChI=1S/C12H11ClN2O2S/c1-8-7-9(2)15-12(14-8)10-3-5-11(6-4-10)18(13,16)17/h3-7H,1-2H3. The predicted molar refractivity (Wildman–Crippen MR) is 70.0 cm³/mol. The van der Waals surface area contributed by atoms with E-state index in [-0.39, 0.29) is 4.90 Å². The SMILES string of the molecule is Cc1cc(C)nc(-c2ccc(S(=O)(=O)Cl)cc2)n1. The van der Waals surface area contributed by atoms with E-state index in [4.69, 9.17) is 10.7 Å². The lowest BCUT2D eigenvalue weighted by atomic mass is 10.2. The van der Waals surface area contributed by atoms with E-state index in [9.17, 15) is 8.42 Å². The van der Waals surface area contributed by atoms with Crippen molar-refractivity contribution in [1.82, 2.24) is 9.97 Å². The average Bonchev–Trinajstić information content (AvgIpc) is 2.27. The summed E-state index contributed by atoms with van der Waals surface area (Å²) in [6, 6.07) is 8.05. The van der Waals surface area contributed by atoms with Gasteiger partial charge in [0.05, 0.1) is 4.90 Å². The summed E-state index contributed by atoms with van der Waals surface area (Å²) in [6.07, 6.45) is 0. The minimum absolute atomic E-state index is 0.0669. The molecule has 0 aliphatic rings. The van der Waals surface area contributed by atoms with Crippen molar-refractivity contribution in [2.24, 2.45) is 0 Å². The zero-order valence-electron chi connectivity index (χ0n) is 9.88. The highest BCUT2D eigenvalue weighted by atomic mass is 35.7. The summed E-state index contributed by atoms with van der Waals surface area (Å²) >= 11 is 0. The van der Waals surface area contributed by atoms with Crippen molar-refractivity contribution in [2.45, 2.75) is 18.7 Å². The number of hydrogen-bond acceptors (Lipinski definition) is 4. The molecule has 0 fully saturated rings. The second-order valence-corrected chi connectivity index (χ2v) is 6.50. The quantitative estimate of drug-likeness (QED) is 0.795. The van der Waals surface area contributed by atoms with Gasteiger partial charge in [0.25, 0.3) is 9.05 Å². The molecule has 1 aromatic carbocycles. The highest BCUT2D eigenvalue weighted by molar-refractivity contribution is 8.13. The van der Waals surface area contributed by atoms with E-state index in [1.165, 1.54) is 12.1 Å². The minimum atomic E-state index is -3.69. The van der Waals surface area contributed by atoms with Crippen LogP contribution in [0.4, 0.5) is 0 Å². The Balaban J connectivity index is 2.46. The van der Waals surface area contributed by atoms with E-state index in [0.29, 0.717) is 5.82 Å². The smallest absolute Gasteiger partial charge is 0.233 e. The Morgan fingerprint density at radius 3 is 1.94 bits per heavy atom. The summed E-state index contributed by atoms with van der Waals surface area (Å²) < 4.78 is 22.2. The molecule has 0 saturated carbocycles. The maximum absolute atomic E-state index is 11.1. The van der Waals surface area contributed by atoms with Crippen molar-refractivity contribution in [2.75, 3.05) is 0 Å². The first-order chi connectivity index (χ1) is 8.36. The second-order valence-electron chi connectivity index (χ2n) is 3.94. The van der Waals surface area contributed by atoms with Gasteiger partial charge in [-0.05, 0) is 44.2 Å². The molecule has 0 unspecified atom stereocenters. The van der Waals surface area contributed by atoms with Gasteiger partial charge in [-0.15, -0.1) is 0 Å². The van der Waals surface area contributed by atoms with E-state index in [0.717, 1.165) is 17.0 Å². The summed E-state index contributed by atoms with van der Waals surface area (Å²) in [4.78, 5) is 8.67. The molecule has 0 bridgehead atoms. The van der Waals surface area contributed by atoms with Crippen molar-refractivity contribution in [1.29, 1.82) is 0 Å². The Bertz CT molecular complexity index is 661. The van der Waals surface area contributed by atoms with Gasteiger partial charge in [0.2, 0.25) is 0 Å². The number of nitrogens with zero attached hydrogens (tertiary/aromatic N) is 2. The molecular formula is C12H11ClN2O2S. The molecule has 0 aliphatic heterocycles. The molecule has 1 aromatic heterocycles. The van der Waals surface area contributed by atoms with Crippen LogP contribution in [-0.4, -0.2) is 18.4 Å². The van der Waals surface area contributed by atoms with Crippen molar-refractivity contribution < 1.29 is 8.42 Å². The van der Waals surface area contributed by atoms with Gasteiger partial charge in [-0.1, -0.05) is 0 Å². The van der Waals surface area contributed by atoms with Crippen LogP contribution in [0.1, 0.15) is 11.4 Å². The normalized spacial score (nSPS) is 11.5. The van der Waals surface area contributed by atoms with Crippen LogP contribution in [0.25, 0.3) is 11.4 Å². The summed E-state index contributed by atoms with van der Waals surface area (Å²) in [5.74, 6) is 0.575. The molecule has 0 radical (unpaired) electrons. The topological polar surface area (TPSA) is 59.9 Å². The summed E-state index contributed by atoms with van der Waals surface area (Å²) in [7, 11) is 1.56. The number of aryl methyl sites for hydroxylation is 2. The lowest BCUT2D eigenvalue weighted by molar-refractivity contribution is 0.609. The largest absolute Gasteiger partial charge is 0.261 e. The van der Waals surface area contributed by atoms with E-state index in [1.807, 2.05) is 19.9 Å². The van der Waals surface area contributed by atoms with Crippen LogP contribution in [0.5, 0.6) is 0 Å². The molecule has 4 nitrogen and oxygen atoms in total. The number of aromatic nitrogens is 2. The highest BCUT2D eigenvalue weighted by Gasteiger charge is 2.10. The molecule has 0 atom stereocenters. The molecule has 0 aliphatic carbocycles. The zero-order chi connectivity index (χ0) is 13.3. The third-order valence-corrected chi connectivity index (χ3v) is 3.75. The van der Waals surface area contributed by atoms with Gasteiger partial charge in [-0.3, -0.25) is 0 Å².